The molecule has 0 saturated carbocycles. The van der Waals surface area contributed by atoms with Crippen LogP contribution in [0, 0.1) is 22.7 Å². The first-order valence-electron chi connectivity index (χ1n) is 35.9. The van der Waals surface area contributed by atoms with Crippen LogP contribution in [-0.4, -0.2) is 183 Å². The summed E-state index contributed by atoms with van der Waals surface area (Å²) >= 11 is 0. The van der Waals surface area contributed by atoms with Gasteiger partial charge in [0.2, 0.25) is 35.4 Å². The Kier molecular flexibility index (Phi) is 25.5. The van der Waals surface area contributed by atoms with E-state index in [1.807, 2.05) is 38.1 Å². The fourth-order valence-electron chi connectivity index (χ4n) is 12.2. The molecule has 5 heterocycles. The molecular weight excluding hydrogens is 1370 g/mol. The maximum absolute atomic E-state index is 14.1. The molecule has 5 aliphatic heterocycles. The Balaban J connectivity index is 0.697. The molecule has 0 aliphatic carbocycles. The number of anilines is 2. The van der Waals surface area contributed by atoms with Crippen molar-refractivity contribution in [2.75, 3.05) is 50.2 Å². The van der Waals surface area contributed by atoms with Gasteiger partial charge in [0, 0.05) is 117 Å². The number of aliphatic hydroxyl groups excluding tert-OH is 1. The highest BCUT2D eigenvalue weighted by atomic mass is 16.5. The molecule has 4 aromatic carbocycles. The van der Waals surface area contributed by atoms with Crippen LogP contribution < -0.4 is 46.7 Å². The number of aromatic hydroxyl groups is 2. The first-order valence-corrected chi connectivity index (χ1v) is 35.9. The summed E-state index contributed by atoms with van der Waals surface area (Å²) in [7, 11) is 0. The number of ether oxygens (including phenoxy) is 3. The minimum Gasteiger partial charge on any atom is -0.504 e. The minimum atomic E-state index is -1.12. The summed E-state index contributed by atoms with van der Waals surface area (Å²) in [6.45, 7) is 25.1. The maximum atomic E-state index is 14.1. The summed E-state index contributed by atoms with van der Waals surface area (Å²) in [5.41, 5.74) is 3.15. The molecule has 0 saturated heterocycles. The van der Waals surface area contributed by atoms with Gasteiger partial charge < -0.3 is 76.5 Å². The normalized spacial score (nSPS) is 17.2. The second kappa shape index (κ2) is 34.1. The monoisotopic (exact) mass is 1470 g/mol. The Hall–Kier alpha value is -11.0. The zero-order valence-corrected chi connectivity index (χ0v) is 62.6. The van der Waals surface area contributed by atoms with Crippen LogP contribution in [0.25, 0.3) is 11.1 Å². The molecule has 10 N–H and O–H groups in total. The molecule has 28 nitrogen and oxygen atoms in total. The molecule has 0 bridgehead atoms. The van der Waals surface area contributed by atoms with Crippen LogP contribution in [0.3, 0.4) is 0 Å². The molecule has 10 amide bonds. The van der Waals surface area contributed by atoms with Gasteiger partial charge in [0.1, 0.15) is 18.1 Å². The topological polar surface area (TPSA) is 378 Å². The van der Waals surface area contributed by atoms with Crippen molar-refractivity contribution >= 4 is 105 Å². The van der Waals surface area contributed by atoms with Crippen LogP contribution in [0.4, 0.5) is 22.7 Å². The molecule has 0 spiro atoms. The van der Waals surface area contributed by atoms with E-state index in [0.717, 1.165) is 27.2 Å². The summed E-state index contributed by atoms with van der Waals surface area (Å²) in [6.07, 6.45) is 11.1. The molecule has 28 heteroatoms. The van der Waals surface area contributed by atoms with Crippen LogP contribution in [0.5, 0.6) is 23.0 Å². The number of aliphatic imine (C=N–C) groups is 2. The average Bonchev–Trinajstić information content (AvgIpc) is 1.65. The van der Waals surface area contributed by atoms with E-state index < -0.39 is 88.1 Å². The first-order chi connectivity index (χ1) is 50.5. The van der Waals surface area contributed by atoms with Gasteiger partial charge in [-0.2, -0.15) is 0 Å². The van der Waals surface area contributed by atoms with Gasteiger partial charge in [-0.3, -0.25) is 62.8 Å². The smallest absolute Gasteiger partial charge is 0.260 e. The van der Waals surface area contributed by atoms with Crippen LogP contribution in [0.1, 0.15) is 153 Å². The largest absolute Gasteiger partial charge is 0.504 e. The van der Waals surface area contributed by atoms with Crippen LogP contribution in [0.15, 0.2) is 120 Å². The molecule has 0 radical (unpaired) electrons. The predicted molar refractivity (Wildman–Crippen MR) is 404 cm³/mol. The van der Waals surface area contributed by atoms with Crippen molar-refractivity contribution in [3.63, 3.8) is 0 Å². The number of phenols is 2. The van der Waals surface area contributed by atoms with E-state index in [2.05, 4.69) is 53.8 Å². The molecule has 0 aromatic heterocycles. The molecule has 0 fully saturated rings. The average molecular weight is 1470 g/mol. The maximum Gasteiger partial charge on any atom is 0.260 e. The fourth-order valence-corrected chi connectivity index (χ4v) is 12.2. The van der Waals surface area contributed by atoms with Crippen molar-refractivity contribution in [1.29, 1.82) is 0 Å². The van der Waals surface area contributed by atoms with Gasteiger partial charge in [0.15, 0.2) is 23.0 Å². The standard InChI is InChI=1S/C79H98N12O16/c1-44(2)68(87-75(103)77(8,9)27-29-92)71(99)84-47(6)46(5)83-53-21-17-49(18-22-53)51-32-55-38-80-59-36-63(61(93)34-57(59)73(101)90(55)40-51)105-30-15-31-106-64-37-60-58(35-62(64)94)74(102)91-41-52(33-56(91)39-81-60)50-19-23-54(24-20-50)86-70(98)48(7)85-72(100)69(45(3)4)88-76(104)78(10,11)43-107-79(12,13)42-82-65(95)16-14-28-89-66(96)25-26-67(89)97/h17-26,34-41,44-45,47-48,55-56,68-69,83,92-94H,5,14-16,27-33,42-43H2,1-4,6-13H3,(H,82,95)(H,84,99)(H,85,100)(H,86,98)(H,87,103)(H,88,104)/t47-,48?,55?,56?,68?,69-/m0/s1. The second-order valence-electron chi connectivity index (χ2n) is 30.0. The van der Waals surface area contributed by atoms with Crippen LogP contribution in [-0.2, 0) is 43.1 Å². The number of benzene rings is 4. The highest BCUT2D eigenvalue weighted by molar-refractivity contribution is 6.13. The van der Waals surface area contributed by atoms with Crippen molar-refractivity contribution in [3.05, 3.63) is 132 Å². The minimum absolute atomic E-state index is 0.0604. The van der Waals surface area contributed by atoms with Crippen molar-refractivity contribution < 1.29 is 77.5 Å². The first kappa shape index (κ1) is 80.1. The number of fused-ring (bicyclic) bond motifs is 4. The molecular formula is C79H98N12O16. The van der Waals surface area contributed by atoms with E-state index in [4.69, 9.17) is 14.2 Å². The third kappa shape index (κ3) is 19.9. The van der Waals surface area contributed by atoms with Crippen molar-refractivity contribution in [2.45, 2.75) is 163 Å². The summed E-state index contributed by atoms with van der Waals surface area (Å²) in [6, 6.07) is 16.1. The second-order valence-corrected chi connectivity index (χ2v) is 30.0. The van der Waals surface area contributed by atoms with E-state index in [1.54, 1.807) is 121 Å². The number of nitrogens with zero attached hydrogens (tertiary/aromatic N) is 5. The lowest BCUT2D eigenvalue weighted by atomic mass is 9.87. The Morgan fingerprint density at radius 3 is 1.52 bits per heavy atom. The molecule has 6 atom stereocenters. The van der Waals surface area contributed by atoms with E-state index in [0.29, 0.717) is 54.1 Å². The number of hydrogen-bond acceptors (Lipinski definition) is 19. The van der Waals surface area contributed by atoms with Crippen molar-refractivity contribution in [3.8, 4) is 23.0 Å². The van der Waals surface area contributed by atoms with Gasteiger partial charge in [-0.1, -0.05) is 72.4 Å². The summed E-state index contributed by atoms with van der Waals surface area (Å²) in [5.74, 6) is -4.99. The lowest BCUT2D eigenvalue weighted by Crippen LogP contribution is -2.56. The third-order valence-electron chi connectivity index (χ3n) is 19.2. The Bertz CT molecular complexity index is 4250. The quantitative estimate of drug-likeness (QED) is 0.0156. The Morgan fingerprint density at radius 1 is 0.598 bits per heavy atom. The number of hydrogen-bond donors (Lipinski definition) is 10. The number of carbonyl (C=O) groups is 10. The van der Waals surface area contributed by atoms with Gasteiger partial charge in [-0.25, -0.2) is 0 Å². The molecule has 4 aromatic rings. The lowest BCUT2D eigenvalue weighted by Gasteiger charge is -2.33. The van der Waals surface area contributed by atoms with Crippen LogP contribution in [0.2, 0.25) is 0 Å². The number of phenolic OH excluding ortho intramolecular Hbond substituents is 2. The van der Waals surface area contributed by atoms with Gasteiger partial charge in [-0.15, -0.1) is 0 Å². The Morgan fingerprint density at radius 2 is 1.06 bits per heavy atom. The summed E-state index contributed by atoms with van der Waals surface area (Å²) < 4.78 is 18.0. The molecule has 4 unspecified atom stereocenters. The highest BCUT2D eigenvalue weighted by Gasteiger charge is 2.39. The fraction of sp³-hybridized carbons (Fsp3) is 0.443. The number of amides is 10. The van der Waals surface area contributed by atoms with Crippen LogP contribution >= 0.6 is 0 Å². The number of aliphatic hydroxyl groups is 1. The van der Waals surface area contributed by atoms with E-state index in [9.17, 15) is 63.3 Å². The number of carbonyl (C=O) groups excluding carboxylic acids is 10. The molecule has 5 aliphatic rings. The molecule has 570 valence electrons. The predicted octanol–water partition coefficient (Wildman–Crippen LogP) is 8.10. The third-order valence-corrected chi connectivity index (χ3v) is 19.2. The van der Waals surface area contributed by atoms with Gasteiger partial charge >= 0.3 is 0 Å². The highest BCUT2D eigenvalue weighted by Crippen LogP contribution is 2.42. The molecule has 107 heavy (non-hydrogen) atoms. The van der Waals surface area contributed by atoms with Gasteiger partial charge in [0.05, 0.1) is 71.5 Å². The number of rotatable bonds is 34. The van der Waals surface area contributed by atoms with E-state index in [-0.39, 0.29) is 122 Å². The SMILES string of the molecule is C=C(Nc1ccc(C2=CN3C(=O)c4cc(O)c(OCCCOc5cc6c(cc5O)C(=O)N5C=C(c7ccc(NC(=O)C(C)NC(=O)[C@@H](NC(=O)C(C)(C)COC(C)(C)CNC(=O)CCCN8C(=O)C=CC8=O)C(C)C)cc7)CC5C=N6)cc4N=CC3C2)cc1)[C@H](C)NC(=O)C(NC(=O)C(C)(C)CCO)C(C)C. The van der Waals surface area contributed by atoms with E-state index >= 15 is 0 Å². The molecule has 9 rings (SSSR count). The van der Waals surface area contributed by atoms with E-state index in [1.165, 1.54) is 43.3 Å². The Labute approximate surface area is 622 Å². The number of imide groups is 1. The zero-order valence-electron chi connectivity index (χ0n) is 62.6. The summed E-state index contributed by atoms with van der Waals surface area (Å²) in [5, 5.41) is 51.8. The lowest BCUT2D eigenvalue weighted by molar-refractivity contribution is -0.141. The number of nitrogens with one attached hydrogen (secondary N) is 7. The zero-order chi connectivity index (χ0) is 78.0. The summed E-state index contributed by atoms with van der Waals surface area (Å²) in [4.78, 5) is 145. The van der Waals surface area contributed by atoms with Crippen molar-refractivity contribution in [1.82, 2.24) is 41.3 Å². The van der Waals surface area contributed by atoms with Gasteiger partial charge in [-0.05, 0) is 125 Å². The van der Waals surface area contributed by atoms with Gasteiger partial charge in [0.25, 0.3) is 23.6 Å². The van der Waals surface area contributed by atoms with Crippen molar-refractivity contribution in [2.24, 2.45) is 32.7 Å².